The minimum absolute atomic E-state index is 0.152. The van der Waals surface area contributed by atoms with Gasteiger partial charge in [0.15, 0.2) is 0 Å². The molecule has 0 saturated heterocycles. The number of nitrogens with one attached hydrogen (secondary N) is 1. The van der Waals surface area contributed by atoms with Gasteiger partial charge in [-0.15, -0.1) is 11.6 Å². The monoisotopic (exact) mass is 178 g/mol. The SMILES string of the molecule is NC(=O)CCNC(=O)CCCl. The molecule has 0 aromatic rings. The van der Waals surface area contributed by atoms with E-state index in [2.05, 4.69) is 5.32 Å². The minimum atomic E-state index is -0.420. The highest BCUT2D eigenvalue weighted by molar-refractivity contribution is 6.18. The molecule has 0 atom stereocenters. The molecule has 64 valence electrons. The Morgan fingerprint density at radius 2 is 2.00 bits per heavy atom. The molecular weight excluding hydrogens is 168 g/mol. The number of nitrogens with two attached hydrogens (primary N) is 1. The normalized spacial score (nSPS) is 9.18. The smallest absolute Gasteiger partial charge is 0.221 e. The zero-order valence-electron chi connectivity index (χ0n) is 6.10. The maximum absolute atomic E-state index is 10.7. The summed E-state index contributed by atoms with van der Waals surface area (Å²) in [5, 5.41) is 2.49. The van der Waals surface area contributed by atoms with E-state index in [0.717, 1.165) is 0 Å². The van der Waals surface area contributed by atoms with Gasteiger partial charge in [0.2, 0.25) is 11.8 Å². The Morgan fingerprint density at radius 1 is 1.36 bits per heavy atom. The van der Waals surface area contributed by atoms with Crippen LogP contribution in [0.3, 0.4) is 0 Å². The van der Waals surface area contributed by atoms with E-state index < -0.39 is 5.91 Å². The van der Waals surface area contributed by atoms with Gasteiger partial charge in [0.1, 0.15) is 0 Å². The lowest BCUT2D eigenvalue weighted by atomic mass is 10.4. The van der Waals surface area contributed by atoms with Crippen LogP contribution in [0.25, 0.3) is 0 Å². The first kappa shape index (κ1) is 10.2. The van der Waals surface area contributed by atoms with Crippen LogP contribution in [-0.2, 0) is 9.59 Å². The number of alkyl halides is 1. The Labute approximate surface area is 70.1 Å². The summed E-state index contributed by atoms with van der Waals surface area (Å²) < 4.78 is 0. The Morgan fingerprint density at radius 3 is 2.45 bits per heavy atom. The lowest BCUT2D eigenvalue weighted by Crippen LogP contribution is -2.27. The quantitative estimate of drug-likeness (QED) is 0.563. The number of carbonyl (C=O) groups is 2. The predicted octanol–water partition coefficient (Wildman–Crippen LogP) is -0.393. The summed E-state index contributed by atoms with van der Waals surface area (Å²) in [6, 6.07) is 0. The van der Waals surface area contributed by atoms with Gasteiger partial charge in [-0.2, -0.15) is 0 Å². The molecule has 3 N–H and O–H groups in total. The van der Waals surface area contributed by atoms with E-state index in [-0.39, 0.29) is 18.7 Å². The van der Waals surface area contributed by atoms with Crippen LogP contribution in [0.2, 0.25) is 0 Å². The van der Waals surface area contributed by atoms with E-state index in [9.17, 15) is 9.59 Å². The van der Waals surface area contributed by atoms with E-state index in [0.29, 0.717) is 12.4 Å². The molecule has 0 aliphatic rings. The van der Waals surface area contributed by atoms with E-state index in [1.165, 1.54) is 0 Å². The van der Waals surface area contributed by atoms with Crippen LogP contribution < -0.4 is 11.1 Å². The minimum Gasteiger partial charge on any atom is -0.370 e. The molecule has 0 heterocycles. The average molecular weight is 179 g/mol. The molecule has 0 saturated carbocycles. The summed E-state index contributed by atoms with van der Waals surface area (Å²) >= 11 is 5.29. The summed E-state index contributed by atoms with van der Waals surface area (Å²) in [5.41, 5.74) is 4.84. The number of carbonyl (C=O) groups excluding carboxylic acids is 2. The second-order valence-corrected chi connectivity index (χ2v) is 2.38. The van der Waals surface area contributed by atoms with E-state index in [1.807, 2.05) is 0 Å². The summed E-state index contributed by atoms with van der Waals surface area (Å²) in [7, 11) is 0. The highest BCUT2D eigenvalue weighted by atomic mass is 35.5. The van der Waals surface area contributed by atoms with Crippen molar-refractivity contribution in [1.29, 1.82) is 0 Å². The molecule has 0 radical (unpaired) electrons. The lowest BCUT2D eigenvalue weighted by Gasteiger charge is -2.00. The van der Waals surface area contributed by atoms with Crippen LogP contribution in [0.5, 0.6) is 0 Å². The van der Waals surface area contributed by atoms with Crippen LogP contribution in [0, 0.1) is 0 Å². The lowest BCUT2D eigenvalue weighted by molar-refractivity contribution is -0.121. The molecule has 0 aliphatic carbocycles. The molecule has 0 spiro atoms. The first-order valence-electron chi connectivity index (χ1n) is 3.27. The van der Waals surface area contributed by atoms with Gasteiger partial charge in [-0.25, -0.2) is 0 Å². The van der Waals surface area contributed by atoms with E-state index in [4.69, 9.17) is 17.3 Å². The van der Waals surface area contributed by atoms with Crippen LogP contribution in [0.15, 0.2) is 0 Å². The van der Waals surface area contributed by atoms with Crippen molar-refractivity contribution in [2.45, 2.75) is 12.8 Å². The van der Waals surface area contributed by atoms with Gasteiger partial charge >= 0.3 is 0 Å². The van der Waals surface area contributed by atoms with Crippen molar-refractivity contribution < 1.29 is 9.59 Å². The molecule has 4 nitrogen and oxygen atoms in total. The molecule has 0 bridgehead atoms. The first-order valence-corrected chi connectivity index (χ1v) is 3.81. The summed E-state index contributed by atoms with van der Waals surface area (Å²) in [5.74, 6) is -0.278. The molecule has 0 aromatic heterocycles. The van der Waals surface area contributed by atoms with Crippen LogP contribution in [0.4, 0.5) is 0 Å². The molecule has 0 fully saturated rings. The number of amides is 2. The maximum atomic E-state index is 10.7. The Bertz CT molecular complexity index is 150. The molecule has 11 heavy (non-hydrogen) atoms. The second-order valence-electron chi connectivity index (χ2n) is 2.01. The highest BCUT2D eigenvalue weighted by Gasteiger charge is 1.99. The number of halogens is 1. The molecule has 0 unspecified atom stereocenters. The fraction of sp³-hybridized carbons (Fsp3) is 0.667. The fourth-order valence-corrected chi connectivity index (χ4v) is 0.671. The topological polar surface area (TPSA) is 72.2 Å². The van der Waals surface area contributed by atoms with Gasteiger partial charge < -0.3 is 11.1 Å². The van der Waals surface area contributed by atoms with E-state index in [1.54, 1.807) is 0 Å². The summed E-state index contributed by atoms with van der Waals surface area (Å²) in [4.78, 5) is 20.9. The Kier molecular flexibility index (Phi) is 5.56. The Balaban J connectivity index is 3.24. The van der Waals surface area contributed by atoms with Crippen molar-refractivity contribution in [3.8, 4) is 0 Å². The first-order chi connectivity index (χ1) is 5.16. The molecule has 0 rings (SSSR count). The molecule has 0 aromatic carbocycles. The van der Waals surface area contributed by atoms with Gasteiger partial charge in [-0.3, -0.25) is 9.59 Å². The summed E-state index contributed by atoms with van der Waals surface area (Å²) in [6.07, 6.45) is 0.453. The van der Waals surface area contributed by atoms with Crippen molar-refractivity contribution in [3.05, 3.63) is 0 Å². The van der Waals surface area contributed by atoms with Gasteiger partial charge in [0.05, 0.1) is 0 Å². The zero-order chi connectivity index (χ0) is 8.69. The predicted molar refractivity (Wildman–Crippen MR) is 42.2 cm³/mol. The third-order valence-electron chi connectivity index (χ3n) is 1.02. The second kappa shape index (κ2) is 5.97. The summed E-state index contributed by atoms with van der Waals surface area (Å²) in [6.45, 7) is 0.297. The van der Waals surface area contributed by atoms with Crippen molar-refractivity contribution in [3.63, 3.8) is 0 Å². The third-order valence-corrected chi connectivity index (χ3v) is 1.20. The number of rotatable bonds is 5. The van der Waals surface area contributed by atoms with Crippen LogP contribution in [-0.4, -0.2) is 24.2 Å². The van der Waals surface area contributed by atoms with Gasteiger partial charge in [-0.1, -0.05) is 0 Å². The standard InChI is InChI=1S/C6H11ClN2O2/c7-3-1-6(11)9-4-2-5(8)10/h1-4H2,(H2,8,10)(H,9,11). The third kappa shape index (κ3) is 7.12. The van der Waals surface area contributed by atoms with Crippen LogP contribution in [0.1, 0.15) is 12.8 Å². The number of primary amides is 1. The highest BCUT2D eigenvalue weighted by Crippen LogP contribution is 1.83. The molecule has 0 aliphatic heterocycles. The van der Waals surface area contributed by atoms with Crippen molar-refractivity contribution in [2.24, 2.45) is 5.73 Å². The van der Waals surface area contributed by atoms with Crippen molar-refractivity contribution >= 4 is 23.4 Å². The van der Waals surface area contributed by atoms with Gasteiger partial charge in [0, 0.05) is 25.3 Å². The van der Waals surface area contributed by atoms with Gasteiger partial charge in [-0.05, 0) is 0 Å². The number of hydrogen-bond donors (Lipinski definition) is 2. The number of hydrogen-bond acceptors (Lipinski definition) is 2. The zero-order valence-corrected chi connectivity index (χ0v) is 6.86. The molecular formula is C6H11ClN2O2. The largest absolute Gasteiger partial charge is 0.370 e. The molecule has 5 heteroatoms. The van der Waals surface area contributed by atoms with Gasteiger partial charge in [0.25, 0.3) is 0 Å². The van der Waals surface area contributed by atoms with Crippen molar-refractivity contribution in [2.75, 3.05) is 12.4 Å². The Hall–Kier alpha value is -0.770. The van der Waals surface area contributed by atoms with Crippen LogP contribution >= 0.6 is 11.6 Å². The van der Waals surface area contributed by atoms with E-state index >= 15 is 0 Å². The average Bonchev–Trinajstić information content (AvgIpc) is 1.87. The molecule has 2 amide bonds. The maximum Gasteiger partial charge on any atom is 0.221 e. The fourth-order valence-electron chi connectivity index (χ4n) is 0.499. The van der Waals surface area contributed by atoms with Crippen molar-refractivity contribution in [1.82, 2.24) is 5.32 Å².